The molecule has 0 aliphatic heterocycles. The number of anilines is 1. The highest BCUT2D eigenvalue weighted by molar-refractivity contribution is 7.99. The molecule has 248 valence electrons. The van der Waals surface area contributed by atoms with Gasteiger partial charge in [0.05, 0.1) is 16.9 Å². The first-order chi connectivity index (χ1) is 22.5. The first kappa shape index (κ1) is 35.2. The van der Waals surface area contributed by atoms with Gasteiger partial charge >= 0.3 is 0 Å². The number of benzene rings is 3. The Bertz CT molecular complexity index is 1850. The second kappa shape index (κ2) is 16.3. The van der Waals surface area contributed by atoms with Crippen molar-refractivity contribution in [3.8, 4) is 11.4 Å². The molecule has 3 aromatic carbocycles. The van der Waals surface area contributed by atoms with Crippen molar-refractivity contribution in [1.82, 2.24) is 14.2 Å². The SMILES string of the molecule is COc1ccn(-c2ccc(C(=O)NS(=O)(=O)c3ccc(N[C@H](CCCCN(C)C)CSc4ccccc4)c([N+](=O)[O-])c3)cc2)c(=O)c1. The number of nitrogens with zero attached hydrogens (tertiary/aromatic N) is 3. The molecule has 1 amide bonds. The van der Waals surface area contributed by atoms with Gasteiger partial charge in [-0.25, -0.2) is 13.1 Å². The number of thioether (sulfide) groups is 1. The molecule has 0 aliphatic carbocycles. The Balaban J connectivity index is 1.49. The van der Waals surface area contributed by atoms with E-state index in [2.05, 4.69) is 10.2 Å². The summed E-state index contributed by atoms with van der Waals surface area (Å²) in [5.41, 5.74) is -0.114. The lowest BCUT2D eigenvalue weighted by atomic mass is 10.1. The molecule has 1 aromatic heterocycles. The minimum atomic E-state index is -4.47. The summed E-state index contributed by atoms with van der Waals surface area (Å²) in [6.07, 6.45) is 4.13. The zero-order chi connectivity index (χ0) is 34.0. The van der Waals surface area contributed by atoms with Gasteiger partial charge in [-0.1, -0.05) is 24.6 Å². The van der Waals surface area contributed by atoms with E-state index in [-0.39, 0.29) is 22.9 Å². The molecule has 4 rings (SSSR count). The van der Waals surface area contributed by atoms with Crippen molar-refractivity contribution in [3.05, 3.63) is 117 Å². The number of unbranched alkanes of at least 4 members (excludes halogenated alkanes) is 1. The van der Waals surface area contributed by atoms with Crippen LogP contribution in [0.3, 0.4) is 0 Å². The van der Waals surface area contributed by atoms with Crippen LogP contribution >= 0.6 is 11.8 Å². The zero-order valence-electron chi connectivity index (χ0n) is 26.3. The standard InChI is InChI=1S/C33H37N5O7S2/c1-36(2)19-8-7-9-25(23-46-28-10-5-4-6-11-28)34-30-17-16-29(22-31(30)38(41)42)47(43,44)35-33(40)24-12-14-26(15-13-24)37-20-18-27(45-3)21-32(37)39/h4-6,10-18,20-22,25,34H,7-9,19,23H2,1-3H3,(H,35,40)/t25-/m1/s1. The average Bonchev–Trinajstić information content (AvgIpc) is 3.05. The molecule has 0 aliphatic rings. The van der Waals surface area contributed by atoms with Crippen LogP contribution in [-0.4, -0.2) is 68.3 Å². The Morgan fingerprint density at radius 3 is 2.38 bits per heavy atom. The predicted octanol–water partition coefficient (Wildman–Crippen LogP) is 5.18. The topological polar surface area (TPSA) is 153 Å². The number of carbonyl (C=O) groups excluding carboxylic acids is 1. The highest BCUT2D eigenvalue weighted by Crippen LogP contribution is 2.30. The van der Waals surface area contributed by atoms with Gasteiger partial charge in [0.25, 0.3) is 27.2 Å². The van der Waals surface area contributed by atoms with E-state index in [1.165, 1.54) is 60.3 Å². The molecule has 0 saturated carbocycles. The van der Waals surface area contributed by atoms with Crippen LogP contribution in [0.1, 0.15) is 29.6 Å². The summed E-state index contributed by atoms with van der Waals surface area (Å²) < 4.78 is 34.7. The highest BCUT2D eigenvalue weighted by atomic mass is 32.2. The van der Waals surface area contributed by atoms with Crippen LogP contribution in [0.4, 0.5) is 11.4 Å². The molecule has 0 fully saturated rings. The van der Waals surface area contributed by atoms with E-state index in [1.54, 1.807) is 17.8 Å². The smallest absolute Gasteiger partial charge is 0.293 e. The molecule has 1 atom stereocenters. The van der Waals surface area contributed by atoms with Crippen LogP contribution in [0.25, 0.3) is 5.69 Å². The molecule has 4 aromatic rings. The van der Waals surface area contributed by atoms with Crippen molar-refractivity contribution in [1.29, 1.82) is 0 Å². The number of ether oxygens (including phenoxy) is 1. The molecule has 0 saturated heterocycles. The number of aromatic nitrogens is 1. The number of carbonyl (C=O) groups is 1. The number of hydrogen-bond donors (Lipinski definition) is 2. The molecule has 1 heterocycles. The Morgan fingerprint density at radius 1 is 1.02 bits per heavy atom. The van der Waals surface area contributed by atoms with Gasteiger partial charge in [-0.05, 0) is 88.1 Å². The summed E-state index contributed by atoms with van der Waals surface area (Å²) in [6.45, 7) is 0.920. The number of hydrogen-bond acceptors (Lipinski definition) is 10. The zero-order valence-corrected chi connectivity index (χ0v) is 27.9. The van der Waals surface area contributed by atoms with Gasteiger partial charge in [-0.2, -0.15) is 0 Å². The third-order valence-electron chi connectivity index (χ3n) is 7.20. The number of pyridine rings is 1. The quantitative estimate of drug-likeness (QED) is 0.0701. The van der Waals surface area contributed by atoms with Crippen molar-refractivity contribution in [2.45, 2.75) is 35.1 Å². The lowest BCUT2D eigenvalue weighted by molar-refractivity contribution is -0.384. The molecule has 0 spiro atoms. The van der Waals surface area contributed by atoms with Gasteiger partial charge < -0.3 is 15.0 Å². The van der Waals surface area contributed by atoms with Crippen LogP contribution in [0.15, 0.2) is 106 Å². The summed E-state index contributed by atoms with van der Waals surface area (Å²) in [6, 6.07) is 21.9. The number of nitrogens with one attached hydrogen (secondary N) is 2. The highest BCUT2D eigenvalue weighted by Gasteiger charge is 2.25. The van der Waals surface area contributed by atoms with E-state index in [9.17, 15) is 28.1 Å². The maximum atomic E-state index is 13.2. The molecule has 0 bridgehead atoms. The van der Waals surface area contributed by atoms with E-state index < -0.39 is 31.4 Å². The Labute approximate surface area is 278 Å². The molecule has 0 unspecified atom stereocenters. The maximum Gasteiger partial charge on any atom is 0.293 e. The van der Waals surface area contributed by atoms with Gasteiger partial charge in [0.15, 0.2) is 0 Å². The van der Waals surface area contributed by atoms with E-state index in [1.807, 2.05) is 49.1 Å². The minimum absolute atomic E-state index is 0.0136. The Morgan fingerprint density at radius 2 is 1.74 bits per heavy atom. The molecule has 0 radical (unpaired) electrons. The summed E-state index contributed by atoms with van der Waals surface area (Å²) in [7, 11) is 0.991. The van der Waals surface area contributed by atoms with Crippen molar-refractivity contribution < 1.29 is 22.9 Å². The van der Waals surface area contributed by atoms with Crippen LogP contribution in [0.2, 0.25) is 0 Å². The number of sulfonamides is 1. The first-order valence-corrected chi connectivity index (χ1v) is 17.3. The van der Waals surface area contributed by atoms with Crippen LogP contribution in [0, 0.1) is 10.1 Å². The second-order valence-electron chi connectivity index (χ2n) is 11.0. The molecular formula is C33H37N5O7S2. The number of amides is 1. The molecule has 47 heavy (non-hydrogen) atoms. The van der Waals surface area contributed by atoms with E-state index in [0.29, 0.717) is 17.2 Å². The van der Waals surface area contributed by atoms with E-state index >= 15 is 0 Å². The summed E-state index contributed by atoms with van der Waals surface area (Å²) >= 11 is 1.63. The normalized spacial score (nSPS) is 12.0. The Kier molecular flexibility index (Phi) is 12.2. The maximum absolute atomic E-state index is 13.2. The number of methoxy groups -OCH3 is 1. The van der Waals surface area contributed by atoms with Gasteiger partial charge in [0.1, 0.15) is 11.4 Å². The molecular weight excluding hydrogens is 643 g/mol. The lowest BCUT2D eigenvalue weighted by Crippen LogP contribution is -2.30. The van der Waals surface area contributed by atoms with Crippen LogP contribution in [0.5, 0.6) is 5.75 Å². The fraction of sp³-hybridized carbons (Fsp3) is 0.273. The fourth-order valence-electron chi connectivity index (χ4n) is 4.72. The number of rotatable bonds is 16. The summed E-state index contributed by atoms with van der Waals surface area (Å²) in [5, 5.41) is 15.4. The van der Waals surface area contributed by atoms with E-state index in [4.69, 9.17) is 4.74 Å². The molecule has 12 nitrogen and oxygen atoms in total. The van der Waals surface area contributed by atoms with Crippen molar-refractivity contribution in [2.24, 2.45) is 0 Å². The Hall–Kier alpha value is -4.66. The van der Waals surface area contributed by atoms with Crippen molar-refractivity contribution in [2.75, 3.05) is 38.8 Å². The molecule has 14 heteroatoms. The monoisotopic (exact) mass is 679 g/mol. The fourth-order valence-corrected chi connectivity index (χ4v) is 6.70. The minimum Gasteiger partial charge on any atom is -0.497 e. The van der Waals surface area contributed by atoms with Gasteiger partial charge in [0.2, 0.25) is 0 Å². The lowest BCUT2D eigenvalue weighted by Gasteiger charge is -2.20. The van der Waals surface area contributed by atoms with Gasteiger partial charge in [-0.3, -0.25) is 24.3 Å². The van der Waals surface area contributed by atoms with Crippen molar-refractivity contribution >= 4 is 39.1 Å². The third-order valence-corrected chi connectivity index (χ3v) is 9.70. The third kappa shape index (κ3) is 9.91. The summed E-state index contributed by atoms with van der Waals surface area (Å²) in [4.78, 5) is 39.5. The summed E-state index contributed by atoms with van der Waals surface area (Å²) in [5.74, 6) is 0.110. The number of nitro groups is 1. The van der Waals surface area contributed by atoms with Gasteiger partial charge in [0, 0.05) is 46.3 Å². The first-order valence-electron chi connectivity index (χ1n) is 14.8. The van der Waals surface area contributed by atoms with Crippen molar-refractivity contribution in [3.63, 3.8) is 0 Å². The second-order valence-corrected chi connectivity index (χ2v) is 13.7. The van der Waals surface area contributed by atoms with E-state index in [0.717, 1.165) is 36.8 Å². The van der Waals surface area contributed by atoms with Crippen LogP contribution < -0.4 is 20.3 Å². The number of nitro benzene ring substituents is 1. The largest absolute Gasteiger partial charge is 0.497 e. The molecule has 2 N–H and O–H groups in total. The average molecular weight is 680 g/mol. The van der Waals surface area contributed by atoms with Crippen LogP contribution in [-0.2, 0) is 10.0 Å². The van der Waals surface area contributed by atoms with Gasteiger partial charge in [-0.15, -0.1) is 11.8 Å². The predicted molar refractivity (Wildman–Crippen MR) is 183 cm³/mol.